The normalized spacial score (nSPS) is 25.2. The third-order valence-electron chi connectivity index (χ3n) is 5.62. The lowest BCUT2D eigenvalue weighted by Crippen LogP contribution is -2.33. The molecule has 1 aliphatic heterocycles. The highest BCUT2D eigenvalue weighted by molar-refractivity contribution is 5.98. The van der Waals surface area contributed by atoms with Crippen molar-refractivity contribution in [2.75, 3.05) is 25.0 Å². The van der Waals surface area contributed by atoms with E-state index in [1.807, 2.05) is 13.0 Å². The number of carbonyl (C=O) groups is 1. The molecule has 132 valence electrons. The molecule has 0 spiro atoms. The summed E-state index contributed by atoms with van der Waals surface area (Å²) in [6, 6.07) is 3.62. The third kappa shape index (κ3) is 2.49. The molecule has 2 aromatic rings. The summed E-state index contributed by atoms with van der Waals surface area (Å²) in [6.07, 6.45) is 5.85. The summed E-state index contributed by atoms with van der Waals surface area (Å²) in [5.41, 5.74) is 0.498. The van der Waals surface area contributed by atoms with Gasteiger partial charge in [0.1, 0.15) is 5.82 Å². The second-order valence-corrected chi connectivity index (χ2v) is 6.93. The summed E-state index contributed by atoms with van der Waals surface area (Å²) in [5.74, 6) is 2.53. The number of hydrogen-bond donors (Lipinski definition) is 1. The Hall–Kier alpha value is -2.44. The van der Waals surface area contributed by atoms with E-state index >= 15 is 0 Å². The number of carbonyl (C=O) groups excluding carboxylic acids is 1. The van der Waals surface area contributed by atoms with E-state index in [1.54, 1.807) is 19.3 Å². The van der Waals surface area contributed by atoms with E-state index in [9.17, 15) is 4.79 Å². The zero-order valence-electron chi connectivity index (χ0n) is 14.7. The van der Waals surface area contributed by atoms with Gasteiger partial charge in [-0.3, -0.25) is 4.79 Å². The summed E-state index contributed by atoms with van der Waals surface area (Å²) >= 11 is 0. The first-order chi connectivity index (χ1) is 12.2. The van der Waals surface area contributed by atoms with Crippen molar-refractivity contribution in [3.63, 3.8) is 0 Å². The first-order valence-corrected chi connectivity index (χ1v) is 8.93. The van der Waals surface area contributed by atoms with Gasteiger partial charge in [0.25, 0.3) is 5.91 Å². The molecule has 2 atom stereocenters. The predicted molar refractivity (Wildman–Crippen MR) is 92.5 cm³/mol. The van der Waals surface area contributed by atoms with Crippen LogP contribution < -0.4 is 10.2 Å². The molecule has 1 N–H and O–H groups in total. The topological polar surface area (TPSA) is 84.2 Å². The maximum Gasteiger partial charge on any atom is 0.254 e. The summed E-state index contributed by atoms with van der Waals surface area (Å²) in [5, 5.41) is 11.2. The Bertz CT molecular complexity index is 789. The molecule has 1 aliphatic carbocycles. The molecule has 1 saturated carbocycles. The third-order valence-corrected chi connectivity index (χ3v) is 5.62. The van der Waals surface area contributed by atoms with Crippen molar-refractivity contribution in [1.29, 1.82) is 0 Å². The first-order valence-electron chi connectivity index (χ1n) is 8.93. The SMILES string of the molecule is CCc1nnc([C@]23CCC[C@H]2CN(c2ncccc2C(=O)NC)C3)o1. The zero-order valence-corrected chi connectivity index (χ0v) is 14.7. The van der Waals surface area contributed by atoms with E-state index in [4.69, 9.17) is 4.42 Å². The van der Waals surface area contributed by atoms with Crippen LogP contribution in [0.25, 0.3) is 0 Å². The Kier molecular flexibility index (Phi) is 3.94. The van der Waals surface area contributed by atoms with Crippen LogP contribution in [0.3, 0.4) is 0 Å². The molecule has 2 aromatic heterocycles. The van der Waals surface area contributed by atoms with Crippen LogP contribution in [0.2, 0.25) is 0 Å². The van der Waals surface area contributed by atoms with Crippen LogP contribution in [0.15, 0.2) is 22.7 Å². The lowest BCUT2D eigenvalue weighted by Gasteiger charge is -2.25. The number of anilines is 1. The summed E-state index contributed by atoms with van der Waals surface area (Å²) in [7, 11) is 1.64. The lowest BCUT2D eigenvalue weighted by atomic mass is 9.80. The van der Waals surface area contributed by atoms with Gasteiger partial charge in [0.2, 0.25) is 11.8 Å². The highest BCUT2D eigenvalue weighted by Crippen LogP contribution is 2.50. The summed E-state index contributed by atoms with van der Waals surface area (Å²) < 4.78 is 5.96. The number of hydrogen-bond acceptors (Lipinski definition) is 6. The van der Waals surface area contributed by atoms with Crippen LogP contribution in [-0.2, 0) is 11.8 Å². The van der Waals surface area contributed by atoms with Gasteiger partial charge >= 0.3 is 0 Å². The van der Waals surface area contributed by atoms with Gasteiger partial charge < -0.3 is 14.6 Å². The molecule has 3 heterocycles. The zero-order chi connectivity index (χ0) is 17.4. The van der Waals surface area contributed by atoms with Crippen molar-refractivity contribution in [2.45, 2.75) is 38.0 Å². The highest BCUT2D eigenvalue weighted by Gasteiger charge is 2.54. The predicted octanol–water partition coefficient (Wildman–Crippen LogP) is 1.94. The second kappa shape index (κ2) is 6.13. The molecule has 4 rings (SSSR count). The Labute approximate surface area is 146 Å². The molecular weight excluding hydrogens is 318 g/mol. The fourth-order valence-corrected chi connectivity index (χ4v) is 4.36. The Morgan fingerprint density at radius 3 is 3.12 bits per heavy atom. The second-order valence-electron chi connectivity index (χ2n) is 6.93. The van der Waals surface area contributed by atoms with Crippen LogP contribution in [0.5, 0.6) is 0 Å². The van der Waals surface area contributed by atoms with Gasteiger partial charge in [-0.2, -0.15) is 0 Å². The summed E-state index contributed by atoms with van der Waals surface area (Å²) in [4.78, 5) is 18.9. The number of pyridine rings is 1. The summed E-state index contributed by atoms with van der Waals surface area (Å²) in [6.45, 7) is 3.65. The first kappa shape index (κ1) is 16.1. The average molecular weight is 341 g/mol. The minimum atomic E-state index is -0.113. The molecule has 7 heteroatoms. The molecule has 0 radical (unpaired) electrons. The van der Waals surface area contributed by atoms with E-state index < -0.39 is 0 Å². The molecule has 25 heavy (non-hydrogen) atoms. The molecule has 2 fully saturated rings. The molecule has 7 nitrogen and oxygen atoms in total. The molecule has 2 aliphatic rings. The molecular formula is C18H23N5O2. The maximum absolute atomic E-state index is 12.2. The lowest BCUT2D eigenvalue weighted by molar-refractivity contribution is 0.0963. The van der Waals surface area contributed by atoms with Crippen LogP contribution in [-0.4, -0.2) is 41.2 Å². The fourth-order valence-electron chi connectivity index (χ4n) is 4.36. The van der Waals surface area contributed by atoms with Crippen molar-refractivity contribution in [3.8, 4) is 0 Å². The van der Waals surface area contributed by atoms with Gasteiger partial charge in [0.05, 0.1) is 11.0 Å². The smallest absolute Gasteiger partial charge is 0.254 e. The van der Waals surface area contributed by atoms with Crippen molar-refractivity contribution in [2.24, 2.45) is 5.92 Å². The highest BCUT2D eigenvalue weighted by atomic mass is 16.4. The minimum absolute atomic E-state index is 0.111. The number of aryl methyl sites for hydroxylation is 1. The molecule has 0 unspecified atom stereocenters. The average Bonchev–Trinajstić information content (AvgIpc) is 3.34. The van der Waals surface area contributed by atoms with Crippen LogP contribution in [0, 0.1) is 5.92 Å². The van der Waals surface area contributed by atoms with E-state index in [1.165, 1.54) is 6.42 Å². The minimum Gasteiger partial charge on any atom is -0.425 e. The quantitative estimate of drug-likeness (QED) is 0.915. The van der Waals surface area contributed by atoms with Gasteiger partial charge in [-0.05, 0) is 30.9 Å². The number of aromatic nitrogens is 3. The number of fused-ring (bicyclic) bond motifs is 1. The van der Waals surface area contributed by atoms with Crippen molar-refractivity contribution in [1.82, 2.24) is 20.5 Å². The van der Waals surface area contributed by atoms with Crippen molar-refractivity contribution >= 4 is 11.7 Å². The number of rotatable bonds is 4. The molecule has 1 amide bonds. The molecule has 0 bridgehead atoms. The Morgan fingerprint density at radius 1 is 1.48 bits per heavy atom. The van der Waals surface area contributed by atoms with Crippen LogP contribution in [0.1, 0.15) is 48.3 Å². The van der Waals surface area contributed by atoms with Crippen molar-refractivity contribution < 1.29 is 9.21 Å². The largest absolute Gasteiger partial charge is 0.425 e. The van der Waals surface area contributed by atoms with E-state index in [0.717, 1.165) is 44.1 Å². The van der Waals surface area contributed by atoms with Crippen molar-refractivity contribution in [3.05, 3.63) is 35.7 Å². The van der Waals surface area contributed by atoms with Crippen LogP contribution in [0.4, 0.5) is 5.82 Å². The van der Waals surface area contributed by atoms with E-state index in [2.05, 4.69) is 25.4 Å². The number of amides is 1. The van der Waals surface area contributed by atoms with Gasteiger partial charge in [-0.1, -0.05) is 13.3 Å². The van der Waals surface area contributed by atoms with E-state index in [-0.39, 0.29) is 11.3 Å². The number of nitrogens with zero attached hydrogens (tertiary/aromatic N) is 4. The number of nitrogens with one attached hydrogen (secondary N) is 1. The van der Waals surface area contributed by atoms with Crippen LogP contribution >= 0.6 is 0 Å². The standard InChI is InChI=1S/C18H23N5O2/c1-3-14-21-22-17(25-14)18-8-4-6-12(18)10-23(11-18)15-13(16(24)19-2)7-5-9-20-15/h5,7,9,12H,3-4,6,8,10-11H2,1-2H3,(H,19,24)/t12-,18-/m0/s1. The van der Waals surface area contributed by atoms with Gasteiger partial charge in [0, 0.05) is 32.8 Å². The Balaban J connectivity index is 1.69. The molecule has 0 aromatic carbocycles. The Morgan fingerprint density at radius 2 is 2.36 bits per heavy atom. The maximum atomic E-state index is 12.2. The van der Waals surface area contributed by atoms with Gasteiger partial charge in [-0.15, -0.1) is 10.2 Å². The van der Waals surface area contributed by atoms with Gasteiger partial charge in [0.15, 0.2) is 0 Å². The van der Waals surface area contributed by atoms with E-state index in [0.29, 0.717) is 17.4 Å². The monoisotopic (exact) mass is 341 g/mol. The fraction of sp³-hybridized carbons (Fsp3) is 0.556. The molecule has 1 saturated heterocycles. The van der Waals surface area contributed by atoms with Gasteiger partial charge in [-0.25, -0.2) is 4.98 Å².